The topological polar surface area (TPSA) is 38.0 Å². The molecule has 0 amide bonds. The van der Waals surface area contributed by atoms with Gasteiger partial charge in [-0.1, -0.05) is 19.8 Å². The maximum Gasteiger partial charge on any atom is 0.0581 e. The summed E-state index contributed by atoms with van der Waals surface area (Å²) in [5.41, 5.74) is 4.73. The van der Waals surface area contributed by atoms with E-state index in [-0.39, 0.29) is 0 Å². The number of hydrazine groups is 1. The number of rotatable bonds is 3. The average Bonchev–Trinajstić information content (AvgIpc) is 2.85. The van der Waals surface area contributed by atoms with Crippen LogP contribution in [-0.4, -0.2) is 0 Å². The molecule has 3 heteroatoms. The van der Waals surface area contributed by atoms with Crippen LogP contribution in [0.5, 0.6) is 0 Å². The molecule has 3 N–H and O–H groups in total. The number of nitrogens with one attached hydrogen (secondary N) is 1. The second-order valence-electron chi connectivity index (χ2n) is 6.47. The van der Waals surface area contributed by atoms with Crippen LogP contribution in [-0.2, 0) is 12.8 Å². The van der Waals surface area contributed by atoms with Crippen molar-refractivity contribution in [1.29, 1.82) is 0 Å². The summed E-state index contributed by atoms with van der Waals surface area (Å²) in [6.07, 6.45) is 10.7. The Balaban J connectivity index is 1.76. The Hall–Kier alpha value is -0.380. The minimum absolute atomic E-state index is 0.392. The molecular formula is C16H26N2S. The van der Waals surface area contributed by atoms with Gasteiger partial charge in [0.2, 0.25) is 0 Å². The number of fused-ring (bicyclic) bond motifs is 1. The molecule has 0 spiro atoms. The van der Waals surface area contributed by atoms with Gasteiger partial charge in [-0.05, 0) is 62.0 Å². The SMILES string of the molecule is CC1CCC(C(NN)c2cc3c(s2)CCCC3)CC1. The average molecular weight is 278 g/mol. The molecule has 2 aliphatic rings. The Labute approximate surface area is 120 Å². The summed E-state index contributed by atoms with van der Waals surface area (Å²) < 4.78 is 0. The molecule has 0 aromatic carbocycles. The van der Waals surface area contributed by atoms with E-state index < -0.39 is 0 Å². The minimum atomic E-state index is 0.392. The lowest BCUT2D eigenvalue weighted by molar-refractivity contribution is 0.234. The summed E-state index contributed by atoms with van der Waals surface area (Å²) in [6.45, 7) is 2.38. The van der Waals surface area contributed by atoms with Crippen molar-refractivity contribution >= 4 is 11.3 Å². The molecule has 106 valence electrons. The minimum Gasteiger partial charge on any atom is -0.271 e. The molecule has 2 nitrogen and oxygen atoms in total. The first-order valence-electron chi connectivity index (χ1n) is 7.85. The number of thiophene rings is 1. The third-order valence-corrected chi connectivity index (χ3v) is 6.35. The first kappa shape index (κ1) is 13.6. The van der Waals surface area contributed by atoms with Crippen LogP contribution in [0.1, 0.15) is 66.8 Å². The molecule has 1 aromatic rings. The van der Waals surface area contributed by atoms with Crippen LogP contribution in [0.2, 0.25) is 0 Å². The maximum atomic E-state index is 5.88. The van der Waals surface area contributed by atoms with Crippen LogP contribution in [0.3, 0.4) is 0 Å². The van der Waals surface area contributed by atoms with Gasteiger partial charge in [-0.2, -0.15) is 0 Å². The summed E-state index contributed by atoms with van der Waals surface area (Å²) >= 11 is 2.02. The fourth-order valence-corrected chi connectivity index (χ4v) is 5.15. The van der Waals surface area contributed by atoms with Crippen LogP contribution in [0.15, 0.2) is 6.07 Å². The van der Waals surface area contributed by atoms with Gasteiger partial charge in [0, 0.05) is 9.75 Å². The van der Waals surface area contributed by atoms with Crippen molar-refractivity contribution in [3.05, 3.63) is 21.4 Å². The summed E-state index contributed by atoms with van der Waals surface area (Å²) in [4.78, 5) is 3.12. The van der Waals surface area contributed by atoms with Crippen molar-refractivity contribution in [2.24, 2.45) is 17.7 Å². The first-order chi connectivity index (χ1) is 9.28. The van der Waals surface area contributed by atoms with Crippen molar-refractivity contribution in [3.8, 4) is 0 Å². The van der Waals surface area contributed by atoms with E-state index in [4.69, 9.17) is 5.84 Å². The van der Waals surface area contributed by atoms with Crippen LogP contribution in [0, 0.1) is 11.8 Å². The fraction of sp³-hybridized carbons (Fsp3) is 0.750. The van der Waals surface area contributed by atoms with Crippen molar-refractivity contribution in [2.45, 2.75) is 64.3 Å². The Morgan fingerprint density at radius 1 is 1.21 bits per heavy atom. The van der Waals surface area contributed by atoms with Crippen molar-refractivity contribution < 1.29 is 0 Å². The quantitative estimate of drug-likeness (QED) is 0.649. The van der Waals surface area contributed by atoms with Gasteiger partial charge in [0.15, 0.2) is 0 Å². The van der Waals surface area contributed by atoms with E-state index in [9.17, 15) is 0 Å². The lowest BCUT2D eigenvalue weighted by atomic mass is 9.79. The largest absolute Gasteiger partial charge is 0.271 e. The lowest BCUT2D eigenvalue weighted by Gasteiger charge is -2.31. The van der Waals surface area contributed by atoms with Crippen molar-refractivity contribution in [1.82, 2.24) is 5.43 Å². The monoisotopic (exact) mass is 278 g/mol. The van der Waals surface area contributed by atoms with Gasteiger partial charge in [-0.25, -0.2) is 0 Å². The molecule has 0 aliphatic heterocycles. The number of hydrogen-bond donors (Lipinski definition) is 2. The third-order valence-electron chi connectivity index (χ3n) is 5.03. The van der Waals surface area contributed by atoms with Crippen molar-refractivity contribution in [2.75, 3.05) is 0 Å². The summed E-state index contributed by atoms with van der Waals surface area (Å²) in [6, 6.07) is 2.84. The normalized spacial score (nSPS) is 28.9. The standard InChI is InChI=1S/C16H26N2S/c1-11-6-8-12(9-7-11)16(18-17)15-10-13-4-2-3-5-14(13)19-15/h10-12,16,18H,2-9,17H2,1H3. The van der Waals surface area contributed by atoms with Crippen LogP contribution in [0.4, 0.5) is 0 Å². The van der Waals surface area contributed by atoms with E-state index in [2.05, 4.69) is 18.4 Å². The van der Waals surface area contributed by atoms with E-state index in [1.807, 2.05) is 11.3 Å². The van der Waals surface area contributed by atoms with Crippen LogP contribution in [0.25, 0.3) is 0 Å². The Morgan fingerprint density at radius 3 is 2.63 bits per heavy atom. The van der Waals surface area contributed by atoms with Gasteiger partial charge in [0.05, 0.1) is 6.04 Å². The molecule has 1 saturated carbocycles. The Morgan fingerprint density at radius 2 is 1.95 bits per heavy atom. The van der Waals surface area contributed by atoms with Crippen LogP contribution >= 0.6 is 11.3 Å². The van der Waals surface area contributed by atoms with Gasteiger partial charge in [0.1, 0.15) is 0 Å². The highest BCUT2D eigenvalue weighted by Crippen LogP contribution is 2.40. The predicted molar refractivity (Wildman–Crippen MR) is 82.1 cm³/mol. The molecule has 2 aliphatic carbocycles. The number of nitrogens with two attached hydrogens (primary N) is 1. The highest BCUT2D eigenvalue weighted by molar-refractivity contribution is 7.12. The summed E-state index contributed by atoms with van der Waals surface area (Å²) in [7, 11) is 0. The first-order valence-corrected chi connectivity index (χ1v) is 8.67. The molecule has 0 radical (unpaired) electrons. The summed E-state index contributed by atoms with van der Waals surface area (Å²) in [5, 5.41) is 0. The second kappa shape index (κ2) is 5.94. The van der Waals surface area contributed by atoms with Gasteiger partial charge >= 0.3 is 0 Å². The van der Waals surface area contributed by atoms with E-state index >= 15 is 0 Å². The highest BCUT2D eigenvalue weighted by Gasteiger charge is 2.28. The molecule has 1 heterocycles. The summed E-state index contributed by atoms with van der Waals surface area (Å²) in [5.74, 6) is 7.53. The number of aryl methyl sites for hydroxylation is 2. The van der Waals surface area contributed by atoms with Gasteiger partial charge in [0.25, 0.3) is 0 Å². The van der Waals surface area contributed by atoms with E-state index in [1.54, 1.807) is 10.4 Å². The Kier molecular flexibility index (Phi) is 4.25. The molecule has 1 aromatic heterocycles. The van der Waals surface area contributed by atoms with E-state index in [0.717, 1.165) is 11.8 Å². The predicted octanol–water partition coefficient (Wildman–Crippen LogP) is 3.96. The lowest BCUT2D eigenvalue weighted by Crippen LogP contribution is -2.34. The molecule has 0 saturated heterocycles. The smallest absolute Gasteiger partial charge is 0.0581 e. The van der Waals surface area contributed by atoms with Gasteiger partial charge < -0.3 is 0 Å². The highest BCUT2D eigenvalue weighted by atomic mass is 32.1. The zero-order valence-electron chi connectivity index (χ0n) is 12.0. The van der Waals surface area contributed by atoms with Gasteiger partial charge in [-0.15, -0.1) is 11.3 Å². The van der Waals surface area contributed by atoms with Gasteiger partial charge in [-0.3, -0.25) is 11.3 Å². The molecular weight excluding hydrogens is 252 g/mol. The molecule has 1 atom stereocenters. The van der Waals surface area contributed by atoms with Crippen LogP contribution < -0.4 is 11.3 Å². The molecule has 3 rings (SSSR count). The molecule has 19 heavy (non-hydrogen) atoms. The van der Waals surface area contributed by atoms with E-state index in [0.29, 0.717) is 6.04 Å². The fourth-order valence-electron chi connectivity index (χ4n) is 3.74. The Bertz CT molecular complexity index is 395. The third kappa shape index (κ3) is 2.88. The zero-order valence-corrected chi connectivity index (χ0v) is 12.8. The molecule has 0 bridgehead atoms. The maximum absolute atomic E-state index is 5.88. The van der Waals surface area contributed by atoms with E-state index in [1.165, 1.54) is 56.2 Å². The number of hydrogen-bond acceptors (Lipinski definition) is 3. The van der Waals surface area contributed by atoms with Crippen molar-refractivity contribution in [3.63, 3.8) is 0 Å². The molecule has 1 unspecified atom stereocenters. The molecule has 1 fully saturated rings. The zero-order chi connectivity index (χ0) is 13.2. The second-order valence-corrected chi connectivity index (χ2v) is 7.64.